The van der Waals surface area contributed by atoms with Gasteiger partial charge >= 0.3 is 0 Å². The van der Waals surface area contributed by atoms with Crippen LogP contribution in [0.15, 0.2) is 36.5 Å². The lowest BCUT2D eigenvalue weighted by molar-refractivity contribution is 0.112. The molecule has 0 radical (unpaired) electrons. The highest BCUT2D eigenvalue weighted by molar-refractivity contribution is 6.42. The van der Waals surface area contributed by atoms with E-state index in [2.05, 4.69) is 4.98 Å². The predicted molar refractivity (Wildman–Crippen MR) is 80.8 cm³/mol. The van der Waals surface area contributed by atoms with E-state index in [1.807, 2.05) is 6.07 Å². The maximum absolute atomic E-state index is 11.1. The second-order valence-electron chi connectivity index (χ2n) is 4.37. The van der Waals surface area contributed by atoms with Gasteiger partial charge in [-0.15, -0.1) is 0 Å². The number of benzene rings is 2. The number of carbonyl (C=O) groups excluding carboxylic acids is 1. The van der Waals surface area contributed by atoms with E-state index < -0.39 is 0 Å². The Morgan fingerprint density at radius 2 is 1.90 bits per heavy atom. The average Bonchev–Trinajstić information content (AvgIpc) is 2.87. The SMILES string of the molecule is O=Cc1c[nH]c2c(O)ccc(-c3ccc(Cl)c(Cl)c3)c12. The summed E-state index contributed by atoms with van der Waals surface area (Å²) in [6.45, 7) is 0. The molecule has 0 aliphatic rings. The molecule has 0 saturated heterocycles. The molecule has 5 heteroatoms. The van der Waals surface area contributed by atoms with E-state index in [1.165, 1.54) is 0 Å². The standard InChI is InChI=1S/C15H9Cl2NO2/c16-11-3-1-8(5-12(11)17)10-2-4-13(20)15-14(10)9(7-19)6-18-15/h1-7,18,20H. The van der Waals surface area contributed by atoms with Gasteiger partial charge in [0.25, 0.3) is 0 Å². The molecule has 20 heavy (non-hydrogen) atoms. The van der Waals surface area contributed by atoms with Crippen LogP contribution in [0.4, 0.5) is 0 Å². The summed E-state index contributed by atoms with van der Waals surface area (Å²) in [4.78, 5) is 14.1. The van der Waals surface area contributed by atoms with Gasteiger partial charge in [0.15, 0.2) is 6.29 Å². The Hall–Kier alpha value is -1.97. The van der Waals surface area contributed by atoms with E-state index >= 15 is 0 Å². The van der Waals surface area contributed by atoms with Crippen molar-refractivity contribution >= 4 is 40.4 Å². The van der Waals surface area contributed by atoms with Crippen molar-refractivity contribution < 1.29 is 9.90 Å². The van der Waals surface area contributed by atoms with Crippen LogP contribution in [0, 0.1) is 0 Å². The first-order valence-electron chi connectivity index (χ1n) is 5.85. The number of hydrogen-bond acceptors (Lipinski definition) is 2. The van der Waals surface area contributed by atoms with Crippen molar-refractivity contribution in [2.75, 3.05) is 0 Å². The van der Waals surface area contributed by atoms with Gasteiger partial charge in [0.2, 0.25) is 0 Å². The summed E-state index contributed by atoms with van der Waals surface area (Å²) in [6, 6.07) is 8.58. The van der Waals surface area contributed by atoms with Crippen LogP contribution in [-0.2, 0) is 0 Å². The number of rotatable bonds is 2. The number of halogens is 2. The highest BCUT2D eigenvalue weighted by Crippen LogP contribution is 2.37. The number of phenolic OH excluding ortho intramolecular Hbond substituents is 1. The number of aromatic nitrogens is 1. The van der Waals surface area contributed by atoms with Crippen molar-refractivity contribution in [3.8, 4) is 16.9 Å². The quantitative estimate of drug-likeness (QED) is 0.677. The maximum atomic E-state index is 11.1. The lowest BCUT2D eigenvalue weighted by Crippen LogP contribution is -1.84. The van der Waals surface area contributed by atoms with Crippen molar-refractivity contribution in [2.24, 2.45) is 0 Å². The van der Waals surface area contributed by atoms with Gasteiger partial charge in [0.1, 0.15) is 5.75 Å². The third-order valence-electron chi connectivity index (χ3n) is 3.20. The summed E-state index contributed by atoms with van der Waals surface area (Å²) in [5, 5.41) is 11.4. The van der Waals surface area contributed by atoms with E-state index in [-0.39, 0.29) is 5.75 Å². The number of carbonyl (C=O) groups is 1. The van der Waals surface area contributed by atoms with Gasteiger partial charge in [-0.3, -0.25) is 4.79 Å². The number of aromatic hydroxyl groups is 1. The van der Waals surface area contributed by atoms with E-state index in [0.717, 1.165) is 17.4 Å². The molecule has 3 rings (SSSR count). The van der Waals surface area contributed by atoms with E-state index in [9.17, 15) is 9.90 Å². The molecule has 2 N–H and O–H groups in total. The number of phenols is 1. The molecule has 3 aromatic rings. The monoisotopic (exact) mass is 305 g/mol. The zero-order chi connectivity index (χ0) is 14.3. The molecule has 3 nitrogen and oxygen atoms in total. The fourth-order valence-electron chi connectivity index (χ4n) is 2.26. The van der Waals surface area contributed by atoms with Crippen LogP contribution >= 0.6 is 23.2 Å². The molecule has 100 valence electrons. The van der Waals surface area contributed by atoms with Gasteiger partial charge in [-0.1, -0.05) is 29.3 Å². The molecule has 0 amide bonds. The number of nitrogens with one attached hydrogen (secondary N) is 1. The lowest BCUT2D eigenvalue weighted by atomic mass is 9.99. The summed E-state index contributed by atoms with van der Waals surface area (Å²) < 4.78 is 0. The summed E-state index contributed by atoms with van der Waals surface area (Å²) >= 11 is 11.9. The Kier molecular flexibility index (Phi) is 3.16. The van der Waals surface area contributed by atoms with Gasteiger partial charge < -0.3 is 10.1 Å². The Morgan fingerprint density at radius 3 is 2.60 bits per heavy atom. The van der Waals surface area contributed by atoms with Gasteiger partial charge in [0.05, 0.1) is 15.6 Å². The molecule has 2 aromatic carbocycles. The van der Waals surface area contributed by atoms with Gasteiger partial charge in [-0.2, -0.15) is 0 Å². The van der Waals surface area contributed by atoms with Crippen LogP contribution in [0.2, 0.25) is 10.0 Å². The first-order valence-corrected chi connectivity index (χ1v) is 6.61. The summed E-state index contributed by atoms with van der Waals surface area (Å²) in [5.74, 6) is 0.0944. The van der Waals surface area contributed by atoms with Crippen LogP contribution in [0.3, 0.4) is 0 Å². The van der Waals surface area contributed by atoms with Crippen molar-refractivity contribution in [2.45, 2.75) is 0 Å². The molecule has 0 saturated carbocycles. The minimum Gasteiger partial charge on any atom is -0.506 e. The number of fused-ring (bicyclic) bond motifs is 1. The second-order valence-corrected chi connectivity index (χ2v) is 5.19. The summed E-state index contributed by atoms with van der Waals surface area (Å²) in [7, 11) is 0. The fourth-order valence-corrected chi connectivity index (χ4v) is 2.55. The van der Waals surface area contributed by atoms with Crippen LogP contribution in [-0.4, -0.2) is 16.4 Å². The summed E-state index contributed by atoms with van der Waals surface area (Å²) in [6.07, 6.45) is 2.32. The molecular formula is C15H9Cl2NO2. The topological polar surface area (TPSA) is 53.1 Å². The van der Waals surface area contributed by atoms with Crippen molar-refractivity contribution in [1.82, 2.24) is 4.98 Å². The van der Waals surface area contributed by atoms with Crippen molar-refractivity contribution in [3.63, 3.8) is 0 Å². The zero-order valence-electron chi connectivity index (χ0n) is 10.2. The van der Waals surface area contributed by atoms with Gasteiger partial charge in [-0.05, 0) is 35.4 Å². The lowest BCUT2D eigenvalue weighted by Gasteiger charge is -2.07. The van der Waals surface area contributed by atoms with Crippen LogP contribution in [0.1, 0.15) is 10.4 Å². The van der Waals surface area contributed by atoms with Crippen molar-refractivity contribution in [1.29, 1.82) is 0 Å². The predicted octanol–water partition coefficient (Wildman–Crippen LogP) is 4.66. The molecule has 0 aliphatic carbocycles. The molecule has 0 bridgehead atoms. The fraction of sp³-hybridized carbons (Fsp3) is 0. The molecule has 1 heterocycles. The highest BCUT2D eigenvalue weighted by atomic mass is 35.5. The molecule has 0 unspecified atom stereocenters. The van der Waals surface area contributed by atoms with Crippen LogP contribution in [0.25, 0.3) is 22.0 Å². The van der Waals surface area contributed by atoms with Crippen LogP contribution < -0.4 is 0 Å². The Labute approximate surface area is 124 Å². The molecule has 0 atom stereocenters. The van der Waals surface area contributed by atoms with E-state index in [0.29, 0.717) is 26.5 Å². The molecule has 0 spiro atoms. The smallest absolute Gasteiger partial charge is 0.152 e. The molecule has 0 aliphatic heterocycles. The Bertz CT molecular complexity index is 824. The third-order valence-corrected chi connectivity index (χ3v) is 3.94. The Balaban J connectivity index is 2.35. The number of aldehydes is 1. The third kappa shape index (κ3) is 1.96. The van der Waals surface area contributed by atoms with E-state index in [4.69, 9.17) is 23.2 Å². The van der Waals surface area contributed by atoms with E-state index in [1.54, 1.807) is 30.5 Å². The molecule has 1 aromatic heterocycles. The Morgan fingerprint density at radius 1 is 1.10 bits per heavy atom. The molecule has 0 fully saturated rings. The average molecular weight is 306 g/mol. The minimum atomic E-state index is 0.0944. The molecular weight excluding hydrogens is 297 g/mol. The van der Waals surface area contributed by atoms with Crippen LogP contribution in [0.5, 0.6) is 5.75 Å². The van der Waals surface area contributed by atoms with Gasteiger partial charge in [0, 0.05) is 17.1 Å². The summed E-state index contributed by atoms with van der Waals surface area (Å²) in [5.41, 5.74) is 2.64. The second kappa shape index (κ2) is 4.85. The maximum Gasteiger partial charge on any atom is 0.152 e. The zero-order valence-corrected chi connectivity index (χ0v) is 11.7. The number of aromatic amines is 1. The minimum absolute atomic E-state index is 0.0944. The largest absolute Gasteiger partial charge is 0.506 e. The number of H-pyrrole nitrogens is 1. The highest BCUT2D eigenvalue weighted by Gasteiger charge is 2.13. The van der Waals surface area contributed by atoms with Gasteiger partial charge in [-0.25, -0.2) is 0 Å². The van der Waals surface area contributed by atoms with Crippen molar-refractivity contribution in [3.05, 3.63) is 52.1 Å². The normalized spacial score (nSPS) is 10.9. The number of hydrogen-bond donors (Lipinski definition) is 2. The first kappa shape index (κ1) is 13.0. The first-order chi connectivity index (χ1) is 9.61.